The molecule has 2 saturated heterocycles. The van der Waals surface area contributed by atoms with Gasteiger partial charge < -0.3 is 9.80 Å². The zero-order chi connectivity index (χ0) is 25.4. The molecule has 37 heavy (non-hydrogen) atoms. The number of rotatable bonds is 4. The molecule has 2 aliphatic rings. The second-order valence-corrected chi connectivity index (χ2v) is 10.1. The summed E-state index contributed by atoms with van der Waals surface area (Å²) in [5, 5.41) is 14.2. The van der Waals surface area contributed by atoms with Crippen molar-refractivity contribution in [2.24, 2.45) is 5.92 Å². The van der Waals surface area contributed by atoms with Gasteiger partial charge in [0.2, 0.25) is 0 Å². The molecule has 7 nitrogen and oxygen atoms in total. The van der Waals surface area contributed by atoms with E-state index in [4.69, 9.17) is 10.1 Å². The van der Waals surface area contributed by atoms with Gasteiger partial charge in [-0.25, -0.2) is 9.50 Å². The Morgan fingerprint density at radius 1 is 1.03 bits per heavy atom. The zero-order valence-corrected chi connectivity index (χ0v) is 21.0. The number of aromatic nitrogens is 3. The van der Waals surface area contributed by atoms with Crippen LogP contribution in [0.25, 0.3) is 16.8 Å². The number of carbonyl (C=O) groups is 1. The number of hydrogen-bond donors (Lipinski definition) is 0. The van der Waals surface area contributed by atoms with Gasteiger partial charge in [-0.2, -0.15) is 10.4 Å². The third kappa shape index (κ3) is 4.33. The predicted octanol–water partition coefficient (Wildman–Crippen LogP) is 5.42. The largest absolute Gasteiger partial charge is 0.355 e. The van der Waals surface area contributed by atoms with Crippen molar-refractivity contribution in [2.45, 2.75) is 38.6 Å². The lowest BCUT2D eigenvalue weighted by Gasteiger charge is -2.35. The van der Waals surface area contributed by atoms with Gasteiger partial charge in [-0.05, 0) is 49.8 Å². The van der Waals surface area contributed by atoms with Gasteiger partial charge in [0, 0.05) is 43.0 Å². The highest BCUT2D eigenvalue weighted by Crippen LogP contribution is 2.34. The fourth-order valence-corrected chi connectivity index (χ4v) is 5.74. The Balaban J connectivity index is 1.33. The summed E-state index contributed by atoms with van der Waals surface area (Å²) in [6, 6.07) is 22.3. The van der Waals surface area contributed by atoms with Crippen LogP contribution in [0.15, 0.2) is 66.9 Å². The predicted molar refractivity (Wildman–Crippen MR) is 143 cm³/mol. The van der Waals surface area contributed by atoms with Crippen molar-refractivity contribution >= 4 is 17.4 Å². The van der Waals surface area contributed by atoms with Gasteiger partial charge in [-0.1, -0.05) is 48.5 Å². The van der Waals surface area contributed by atoms with Crippen molar-refractivity contribution in [1.29, 1.82) is 5.26 Å². The molecular weight excluding hydrogens is 460 g/mol. The van der Waals surface area contributed by atoms with E-state index in [1.54, 1.807) is 0 Å². The number of likely N-dealkylation sites (tertiary alicyclic amines) is 1. The molecule has 0 aliphatic carbocycles. The lowest BCUT2D eigenvalue weighted by molar-refractivity contribution is 0.0606. The highest BCUT2D eigenvalue weighted by atomic mass is 16.2. The number of hydrogen-bond acceptors (Lipinski definition) is 5. The Kier molecular flexibility index (Phi) is 6.09. The topological polar surface area (TPSA) is 77.5 Å². The molecule has 0 saturated carbocycles. The summed E-state index contributed by atoms with van der Waals surface area (Å²) >= 11 is 0. The number of aryl methyl sites for hydroxylation is 1. The van der Waals surface area contributed by atoms with Crippen molar-refractivity contribution in [3.8, 4) is 17.2 Å². The van der Waals surface area contributed by atoms with Gasteiger partial charge in [-0.3, -0.25) is 4.79 Å². The summed E-state index contributed by atoms with van der Waals surface area (Å²) in [4.78, 5) is 23.1. The van der Waals surface area contributed by atoms with Crippen molar-refractivity contribution in [3.05, 3.63) is 83.7 Å². The van der Waals surface area contributed by atoms with Crippen LogP contribution < -0.4 is 4.90 Å². The molecule has 2 aromatic heterocycles. The van der Waals surface area contributed by atoms with Crippen molar-refractivity contribution < 1.29 is 4.79 Å². The summed E-state index contributed by atoms with van der Waals surface area (Å²) in [5.74, 6) is 1.02. The maximum atomic E-state index is 14.0. The molecule has 2 atom stereocenters. The highest BCUT2D eigenvalue weighted by Gasteiger charge is 2.32. The summed E-state index contributed by atoms with van der Waals surface area (Å²) in [6.07, 6.45) is 5.81. The maximum Gasteiger partial charge on any atom is 0.255 e. The molecule has 1 amide bonds. The van der Waals surface area contributed by atoms with Crippen LogP contribution in [0.1, 0.15) is 53.3 Å². The van der Waals surface area contributed by atoms with Crippen LogP contribution in [0.4, 0.5) is 5.82 Å². The highest BCUT2D eigenvalue weighted by molar-refractivity contribution is 6.01. The summed E-state index contributed by atoms with van der Waals surface area (Å²) in [6.45, 7) is 4.31. The first kappa shape index (κ1) is 23.2. The molecule has 2 aliphatic heterocycles. The fourth-order valence-electron chi connectivity index (χ4n) is 5.74. The van der Waals surface area contributed by atoms with Crippen LogP contribution in [-0.2, 0) is 0 Å². The quantitative estimate of drug-likeness (QED) is 0.382. The number of nitrogens with zero attached hydrogens (tertiary/aromatic N) is 6. The van der Waals surface area contributed by atoms with Gasteiger partial charge in [0.15, 0.2) is 5.65 Å². The second kappa shape index (κ2) is 9.70. The first-order chi connectivity index (χ1) is 18.1. The zero-order valence-electron chi connectivity index (χ0n) is 21.0. The molecule has 0 radical (unpaired) electrons. The lowest BCUT2D eigenvalue weighted by Crippen LogP contribution is -2.39. The van der Waals surface area contributed by atoms with Gasteiger partial charge in [-0.15, -0.1) is 0 Å². The monoisotopic (exact) mass is 490 g/mol. The SMILES string of the molecule is Cc1cn2nc([C@@H]3CCCCN3C(=O)c3ccccc3-c3ccccc3)cc2nc1N1CCC(C#N)C1. The Morgan fingerprint density at radius 2 is 1.84 bits per heavy atom. The van der Waals surface area contributed by atoms with Crippen LogP contribution in [0.3, 0.4) is 0 Å². The molecule has 4 heterocycles. The summed E-state index contributed by atoms with van der Waals surface area (Å²) in [7, 11) is 0. The van der Waals surface area contributed by atoms with Crippen molar-refractivity contribution in [1.82, 2.24) is 19.5 Å². The number of amides is 1. The number of fused-ring (bicyclic) bond motifs is 1. The standard InChI is InChI=1S/C30H30N6O/c1-21-19-36-28(32-29(21)34-16-14-22(18-31)20-34)17-26(33-36)27-13-7-8-15-35(27)30(37)25-12-6-5-11-24(25)23-9-3-2-4-10-23/h2-6,9-12,17,19,22,27H,7-8,13-16,20H2,1H3/t22?,27-/m0/s1. The van der Waals surface area contributed by atoms with Crippen LogP contribution in [0.2, 0.25) is 0 Å². The van der Waals surface area contributed by atoms with Crippen LogP contribution in [0, 0.1) is 24.2 Å². The molecule has 2 fully saturated rings. The number of benzene rings is 2. The number of piperidine rings is 1. The van der Waals surface area contributed by atoms with Gasteiger partial charge >= 0.3 is 0 Å². The van der Waals surface area contributed by atoms with E-state index in [-0.39, 0.29) is 17.9 Å². The maximum absolute atomic E-state index is 14.0. The van der Waals surface area contributed by atoms with Crippen molar-refractivity contribution in [3.63, 3.8) is 0 Å². The minimum absolute atomic E-state index is 0.0469. The molecule has 0 N–H and O–H groups in total. The van der Waals surface area contributed by atoms with Gasteiger partial charge in [0.25, 0.3) is 5.91 Å². The average Bonchev–Trinajstić information content (AvgIpc) is 3.59. The van der Waals surface area contributed by atoms with E-state index in [2.05, 4.69) is 11.0 Å². The van der Waals surface area contributed by atoms with E-state index in [1.165, 1.54) is 0 Å². The summed E-state index contributed by atoms with van der Waals surface area (Å²) in [5.41, 5.74) is 5.41. The molecule has 6 rings (SSSR count). The molecule has 2 aromatic carbocycles. The molecule has 1 unspecified atom stereocenters. The van der Waals surface area contributed by atoms with Crippen molar-refractivity contribution in [2.75, 3.05) is 24.5 Å². The molecule has 7 heteroatoms. The number of nitriles is 1. The van der Waals surface area contributed by atoms with E-state index in [1.807, 2.05) is 83.2 Å². The van der Waals surface area contributed by atoms with Crippen LogP contribution in [0.5, 0.6) is 0 Å². The van der Waals surface area contributed by atoms with E-state index in [0.29, 0.717) is 13.1 Å². The van der Waals surface area contributed by atoms with E-state index in [0.717, 1.165) is 71.6 Å². The molecule has 0 spiro atoms. The summed E-state index contributed by atoms with van der Waals surface area (Å²) < 4.78 is 1.83. The van der Waals surface area contributed by atoms with Gasteiger partial charge in [0.1, 0.15) is 5.82 Å². The van der Waals surface area contributed by atoms with E-state index < -0.39 is 0 Å². The molecule has 186 valence electrons. The van der Waals surface area contributed by atoms with E-state index >= 15 is 0 Å². The molecular formula is C30H30N6O. The first-order valence-electron chi connectivity index (χ1n) is 13.1. The first-order valence-corrected chi connectivity index (χ1v) is 13.1. The Labute approximate surface area is 217 Å². The Bertz CT molecular complexity index is 1490. The Morgan fingerprint density at radius 3 is 2.65 bits per heavy atom. The second-order valence-electron chi connectivity index (χ2n) is 10.1. The molecule has 4 aromatic rings. The smallest absolute Gasteiger partial charge is 0.255 e. The normalized spacial score (nSPS) is 19.8. The fraction of sp³-hybridized carbons (Fsp3) is 0.333. The number of carbonyl (C=O) groups excluding carboxylic acids is 1. The van der Waals surface area contributed by atoms with Crippen LogP contribution >= 0.6 is 0 Å². The van der Waals surface area contributed by atoms with E-state index in [9.17, 15) is 10.1 Å². The Hall–Kier alpha value is -4.18. The minimum Gasteiger partial charge on any atom is -0.355 e. The number of anilines is 1. The average molecular weight is 491 g/mol. The minimum atomic E-state index is -0.0923. The van der Waals surface area contributed by atoms with Gasteiger partial charge in [0.05, 0.1) is 23.7 Å². The molecule has 0 bridgehead atoms. The van der Waals surface area contributed by atoms with Crippen LogP contribution in [-0.4, -0.2) is 45.0 Å². The third-order valence-corrected chi connectivity index (χ3v) is 7.64. The third-order valence-electron chi connectivity index (χ3n) is 7.64. The lowest BCUT2D eigenvalue weighted by atomic mass is 9.95.